The molecule has 0 spiro atoms. The minimum absolute atomic E-state index is 0.132. The molecule has 0 atom stereocenters. The van der Waals surface area contributed by atoms with Gasteiger partial charge in [-0.1, -0.05) is 72.0 Å². The number of fused-ring (bicyclic) bond motifs is 1. The molecule has 33 heavy (non-hydrogen) atoms. The molecular weight excluding hydrogens is 436 g/mol. The van der Waals surface area contributed by atoms with Gasteiger partial charge in [0.25, 0.3) is 5.91 Å². The van der Waals surface area contributed by atoms with Gasteiger partial charge in [0.15, 0.2) is 10.9 Å². The molecule has 3 heterocycles. The zero-order chi connectivity index (χ0) is 22.6. The lowest BCUT2D eigenvalue weighted by Gasteiger charge is -2.29. The van der Waals surface area contributed by atoms with E-state index in [-0.39, 0.29) is 23.7 Å². The molecule has 0 radical (unpaired) electrons. The second-order valence-electron chi connectivity index (χ2n) is 7.70. The van der Waals surface area contributed by atoms with Gasteiger partial charge < -0.3 is 14.6 Å². The first kappa shape index (κ1) is 21.0. The Morgan fingerprint density at radius 1 is 0.970 bits per heavy atom. The molecule has 166 valence electrons. The van der Waals surface area contributed by atoms with Crippen LogP contribution < -0.4 is 10.6 Å². The van der Waals surface area contributed by atoms with E-state index in [4.69, 9.17) is 4.42 Å². The van der Waals surface area contributed by atoms with Crippen molar-refractivity contribution in [2.24, 2.45) is 0 Å². The second-order valence-corrected chi connectivity index (χ2v) is 8.78. The molecule has 0 aliphatic carbocycles. The number of benzene rings is 2. The molecule has 2 N–H and O–H groups in total. The summed E-state index contributed by atoms with van der Waals surface area (Å²) in [6, 6.07) is 22.8. The molecule has 4 aromatic rings. The van der Waals surface area contributed by atoms with Crippen LogP contribution in [-0.2, 0) is 13.0 Å². The van der Waals surface area contributed by atoms with E-state index >= 15 is 0 Å². The molecule has 0 unspecified atom stereocenters. The second kappa shape index (κ2) is 9.30. The topological polar surface area (TPSA) is 87.5 Å². The Morgan fingerprint density at radius 3 is 2.30 bits per heavy atom. The largest absolute Gasteiger partial charge is 0.459 e. The van der Waals surface area contributed by atoms with Gasteiger partial charge in [-0.3, -0.25) is 10.1 Å². The van der Waals surface area contributed by atoms with Crippen LogP contribution >= 0.6 is 11.3 Å². The summed E-state index contributed by atoms with van der Waals surface area (Å²) in [5, 5.41) is 6.48. The summed E-state index contributed by atoms with van der Waals surface area (Å²) in [6.45, 7) is 1.01. The quantitative estimate of drug-likeness (QED) is 0.448. The molecule has 7 nitrogen and oxygen atoms in total. The summed E-state index contributed by atoms with van der Waals surface area (Å²) in [5.41, 5.74) is 2.97. The highest BCUT2D eigenvalue weighted by molar-refractivity contribution is 7.15. The summed E-state index contributed by atoms with van der Waals surface area (Å²) in [7, 11) is 0. The number of carbonyl (C=O) groups is 2. The number of nitrogens with zero attached hydrogens (tertiary/aromatic N) is 2. The molecule has 8 heteroatoms. The van der Waals surface area contributed by atoms with Crippen LogP contribution in [0.25, 0.3) is 0 Å². The van der Waals surface area contributed by atoms with Gasteiger partial charge in [-0.2, -0.15) is 0 Å². The van der Waals surface area contributed by atoms with Gasteiger partial charge in [0.1, 0.15) is 0 Å². The minimum atomic E-state index is -0.339. The molecule has 1 aliphatic rings. The SMILES string of the molecule is O=C(Nc1nc2c(s1)CN(C(=O)NC(c1ccccc1)c1ccccc1)CC2)c1ccco1. The van der Waals surface area contributed by atoms with Crippen molar-refractivity contribution in [3.8, 4) is 0 Å². The van der Waals surface area contributed by atoms with Crippen molar-refractivity contribution in [3.05, 3.63) is 107 Å². The number of anilines is 1. The zero-order valence-corrected chi connectivity index (χ0v) is 18.5. The van der Waals surface area contributed by atoms with Crippen molar-refractivity contribution in [1.29, 1.82) is 0 Å². The van der Waals surface area contributed by atoms with Crippen LogP contribution in [0.2, 0.25) is 0 Å². The van der Waals surface area contributed by atoms with E-state index in [2.05, 4.69) is 15.6 Å². The molecule has 2 aromatic heterocycles. The Hall–Kier alpha value is -3.91. The van der Waals surface area contributed by atoms with Crippen LogP contribution in [0.3, 0.4) is 0 Å². The van der Waals surface area contributed by atoms with E-state index < -0.39 is 0 Å². The minimum Gasteiger partial charge on any atom is -0.459 e. The molecule has 0 fully saturated rings. The first-order chi connectivity index (χ1) is 16.2. The van der Waals surface area contributed by atoms with Crippen LogP contribution in [0.1, 0.15) is 38.3 Å². The van der Waals surface area contributed by atoms with Crippen molar-refractivity contribution in [1.82, 2.24) is 15.2 Å². The van der Waals surface area contributed by atoms with Crippen molar-refractivity contribution in [3.63, 3.8) is 0 Å². The third-order valence-electron chi connectivity index (χ3n) is 5.52. The molecule has 0 saturated heterocycles. The van der Waals surface area contributed by atoms with E-state index in [0.717, 1.165) is 21.7 Å². The monoisotopic (exact) mass is 458 g/mol. The smallest absolute Gasteiger partial charge is 0.318 e. The molecule has 3 amide bonds. The van der Waals surface area contributed by atoms with Crippen LogP contribution in [0, 0.1) is 0 Å². The Kier molecular flexibility index (Phi) is 5.91. The number of aromatic nitrogens is 1. The van der Waals surface area contributed by atoms with Gasteiger partial charge in [-0.25, -0.2) is 9.78 Å². The fourth-order valence-electron chi connectivity index (χ4n) is 3.85. The maximum atomic E-state index is 13.2. The van der Waals surface area contributed by atoms with E-state index in [0.29, 0.717) is 24.6 Å². The van der Waals surface area contributed by atoms with Crippen molar-refractivity contribution in [2.45, 2.75) is 19.0 Å². The summed E-state index contributed by atoms with van der Waals surface area (Å²) in [6.07, 6.45) is 2.09. The van der Waals surface area contributed by atoms with Gasteiger partial charge in [0.2, 0.25) is 0 Å². The number of nitrogens with one attached hydrogen (secondary N) is 2. The predicted octanol–water partition coefficient (Wildman–Crippen LogP) is 4.85. The van der Waals surface area contributed by atoms with Gasteiger partial charge >= 0.3 is 6.03 Å². The maximum Gasteiger partial charge on any atom is 0.318 e. The first-order valence-corrected chi connectivity index (χ1v) is 11.5. The number of thiazole rings is 1. The van der Waals surface area contributed by atoms with Crippen LogP contribution in [-0.4, -0.2) is 28.4 Å². The van der Waals surface area contributed by atoms with Crippen LogP contribution in [0.4, 0.5) is 9.93 Å². The number of rotatable bonds is 5. The number of hydrogen-bond donors (Lipinski definition) is 2. The summed E-state index contributed by atoms with van der Waals surface area (Å²) < 4.78 is 5.13. The third-order valence-corrected chi connectivity index (χ3v) is 6.52. The number of urea groups is 1. The summed E-state index contributed by atoms with van der Waals surface area (Å²) in [5.74, 6) is -0.105. The highest BCUT2D eigenvalue weighted by atomic mass is 32.1. The van der Waals surface area contributed by atoms with Crippen LogP contribution in [0.5, 0.6) is 0 Å². The van der Waals surface area contributed by atoms with Crippen LogP contribution in [0.15, 0.2) is 83.5 Å². The van der Waals surface area contributed by atoms with E-state index in [1.165, 1.54) is 17.6 Å². The van der Waals surface area contributed by atoms with E-state index in [1.807, 2.05) is 60.7 Å². The molecule has 5 rings (SSSR count). The Morgan fingerprint density at radius 2 is 1.67 bits per heavy atom. The molecule has 2 aromatic carbocycles. The Labute approximate surface area is 195 Å². The summed E-state index contributed by atoms with van der Waals surface area (Å²) in [4.78, 5) is 32.8. The lowest BCUT2D eigenvalue weighted by atomic mass is 9.99. The van der Waals surface area contributed by atoms with Gasteiger partial charge in [-0.15, -0.1) is 0 Å². The predicted molar refractivity (Wildman–Crippen MR) is 126 cm³/mol. The van der Waals surface area contributed by atoms with Gasteiger partial charge in [-0.05, 0) is 23.3 Å². The Bertz CT molecular complexity index is 1200. The van der Waals surface area contributed by atoms with E-state index in [1.54, 1.807) is 17.0 Å². The standard InChI is InChI=1S/C25H22N4O3S/c30-23(20-12-7-15-32-20)28-24-26-19-13-14-29(16-21(19)33-24)25(31)27-22(17-8-3-1-4-9-17)18-10-5-2-6-11-18/h1-12,15,22H,13-14,16H2,(H,27,31)(H,26,28,30). The highest BCUT2D eigenvalue weighted by Gasteiger charge is 2.27. The number of amides is 3. The van der Waals surface area contributed by atoms with Gasteiger partial charge in [0.05, 0.1) is 24.5 Å². The summed E-state index contributed by atoms with van der Waals surface area (Å²) >= 11 is 1.39. The van der Waals surface area contributed by atoms with E-state index in [9.17, 15) is 9.59 Å². The fourth-order valence-corrected chi connectivity index (χ4v) is 4.87. The Balaban J connectivity index is 1.29. The zero-order valence-electron chi connectivity index (χ0n) is 17.7. The maximum absolute atomic E-state index is 13.2. The number of hydrogen-bond acceptors (Lipinski definition) is 5. The number of furan rings is 1. The average Bonchev–Trinajstić information content (AvgIpc) is 3.53. The van der Waals surface area contributed by atoms with Crippen molar-refractivity contribution >= 4 is 28.4 Å². The molecule has 0 saturated carbocycles. The molecular formula is C25H22N4O3S. The van der Waals surface area contributed by atoms with Crippen molar-refractivity contribution < 1.29 is 14.0 Å². The average molecular weight is 459 g/mol. The third kappa shape index (κ3) is 4.65. The molecule has 0 bridgehead atoms. The lowest BCUT2D eigenvalue weighted by Crippen LogP contribution is -2.44. The highest BCUT2D eigenvalue weighted by Crippen LogP contribution is 2.29. The number of carbonyl (C=O) groups excluding carboxylic acids is 2. The molecule has 1 aliphatic heterocycles. The van der Waals surface area contributed by atoms with Gasteiger partial charge in [0, 0.05) is 17.8 Å². The van der Waals surface area contributed by atoms with Crippen molar-refractivity contribution in [2.75, 3.05) is 11.9 Å². The first-order valence-electron chi connectivity index (χ1n) is 10.7. The lowest BCUT2D eigenvalue weighted by molar-refractivity contribution is 0.0996. The fraction of sp³-hybridized carbons (Fsp3) is 0.160. The normalized spacial score (nSPS) is 12.9.